The van der Waals surface area contributed by atoms with Gasteiger partial charge in [-0.05, 0) is 29.7 Å². The summed E-state index contributed by atoms with van der Waals surface area (Å²) in [6.07, 6.45) is 0.703. The highest BCUT2D eigenvalue weighted by Crippen LogP contribution is 2.37. The van der Waals surface area contributed by atoms with Gasteiger partial charge in [-0.1, -0.05) is 80.0 Å². The Morgan fingerprint density at radius 2 is 1.66 bits per heavy atom. The fourth-order valence-electron chi connectivity index (χ4n) is 3.63. The van der Waals surface area contributed by atoms with Crippen LogP contribution in [0.2, 0.25) is 5.02 Å². The number of aliphatic carboxylic acids is 1. The first-order valence-corrected chi connectivity index (χ1v) is 11.6. The van der Waals surface area contributed by atoms with Crippen LogP contribution in [0.4, 0.5) is 5.69 Å². The van der Waals surface area contributed by atoms with Crippen molar-refractivity contribution in [2.24, 2.45) is 5.92 Å². The fraction of sp³-hybridized carbons (Fsp3) is 0.214. The van der Waals surface area contributed by atoms with E-state index >= 15 is 0 Å². The molecule has 1 atom stereocenters. The number of halogens is 1. The number of hydrogen-bond acceptors (Lipinski definition) is 4. The van der Waals surface area contributed by atoms with Gasteiger partial charge >= 0.3 is 5.97 Å². The average molecular weight is 494 g/mol. The summed E-state index contributed by atoms with van der Waals surface area (Å²) in [6, 6.07) is 21.7. The summed E-state index contributed by atoms with van der Waals surface area (Å²) in [7, 11) is 0. The van der Waals surface area contributed by atoms with Crippen LogP contribution in [0.3, 0.4) is 0 Å². The molecule has 1 unspecified atom stereocenters. The van der Waals surface area contributed by atoms with Crippen molar-refractivity contribution >= 4 is 29.2 Å². The molecular formula is C28H28ClNO5. The summed E-state index contributed by atoms with van der Waals surface area (Å²) in [5.74, 6) is -1.17. The number of ether oxygens (including phenoxy) is 1. The highest BCUT2D eigenvalue weighted by molar-refractivity contribution is 6.30. The van der Waals surface area contributed by atoms with Crippen LogP contribution in [0.5, 0.6) is 5.75 Å². The smallest absolute Gasteiger partial charge is 0.328 e. The maximum absolute atomic E-state index is 12.9. The SMILES string of the molecule is CC(C)CN(C(=O)/C=C/C(=O)O)c1ccccc1C(O)c1ccc(Cl)cc1OCc1ccccc1. The minimum Gasteiger partial charge on any atom is -0.488 e. The number of hydrogen-bond donors (Lipinski definition) is 2. The largest absolute Gasteiger partial charge is 0.488 e. The highest BCUT2D eigenvalue weighted by atomic mass is 35.5. The molecule has 0 radical (unpaired) electrons. The van der Waals surface area contributed by atoms with Crippen LogP contribution in [0.1, 0.15) is 36.6 Å². The monoisotopic (exact) mass is 493 g/mol. The third-order valence-electron chi connectivity index (χ3n) is 5.21. The van der Waals surface area contributed by atoms with Crippen LogP contribution in [0, 0.1) is 5.92 Å². The number of carboxylic acids is 1. The standard InChI is InChI=1S/C28H28ClNO5/c1-19(2)17-30(26(31)14-15-27(32)33)24-11-7-6-10-22(24)28(34)23-13-12-21(29)16-25(23)35-18-20-8-4-3-5-9-20/h3-16,19,28,34H,17-18H2,1-2H3,(H,32,33)/b15-14+. The van der Waals surface area contributed by atoms with Crippen molar-refractivity contribution in [3.63, 3.8) is 0 Å². The molecule has 1 amide bonds. The van der Waals surface area contributed by atoms with E-state index in [1.165, 1.54) is 4.90 Å². The molecule has 0 fully saturated rings. The second kappa shape index (κ2) is 12.2. The molecule has 0 bridgehead atoms. The fourth-order valence-corrected chi connectivity index (χ4v) is 3.79. The van der Waals surface area contributed by atoms with E-state index in [0.29, 0.717) is 40.7 Å². The Labute approximate surface area is 210 Å². The first kappa shape index (κ1) is 26.0. The number of aliphatic hydroxyl groups is 1. The van der Waals surface area contributed by atoms with Crippen LogP contribution in [-0.2, 0) is 16.2 Å². The van der Waals surface area contributed by atoms with Gasteiger partial charge in [0.2, 0.25) is 0 Å². The van der Waals surface area contributed by atoms with Crippen LogP contribution in [-0.4, -0.2) is 28.6 Å². The molecule has 0 aliphatic carbocycles. The van der Waals surface area contributed by atoms with Gasteiger partial charge in [0.25, 0.3) is 5.91 Å². The summed E-state index contributed by atoms with van der Waals surface area (Å²) < 4.78 is 6.02. The second-order valence-electron chi connectivity index (χ2n) is 8.43. The molecule has 35 heavy (non-hydrogen) atoms. The third-order valence-corrected chi connectivity index (χ3v) is 5.45. The molecule has 0 saturated heterocycles. The number of nitrogens with zero attached hydrogens (tertiary/aromatic N) is 1. The lowest BCUT2D eigenvalue weighted by molar-refractivity contribution is -0.131. The zero-order valence-corrected chi connectivity index (χ0v) is 20.4. The van der Waals surface area contributed by atoms with E-state index in [2.05, 4.69) is 0 Å². The Morgan fingerprint density at radius 3 is 2.34 bits per heavy atom. The van der Waals surface area contributed by atoms with Crippen LogP contribution >= 0.6 is 11.6 Å². The van der Waals surface area contributed by atoms with Crippen LogP contribution in [0.25, 0.3) is 0 Å². The first-order valence-electron chi connectivity index (χ1n) is 11.2. The number of amides is 1. The minimum atomic E-state index is -1.21. The van der Waals surface area contributed by atoms with E-state index < -0.39 is 18.0 Å². The number of carboxylic acid groups (broad SMARTS) is 1. The lowest BCUT2D eigenvalue weighted by Gasteiger charge is -2.28. The molecule has 0 spiro atoms. The lowest BCUT2D eigenvalue weighted by Crippen LogP contribution is -2.34. The van der Waals surface area contributed by atoms with Crippen molar-refractivity contribution in [2.45, 2.75) is 26.6 Å². The molecule has 0 saturated carbocycles. The summed E-state index contributed by atoms with van der Waals surface area (Å²) in [6.45, 7) is 4.54. The van der Waals surface area contributed by atoms with E-state index in [4.69, 9.17) is 21.4 Å². The van der Waals surface area contributed by atoms with Crippen LogP contribution < -0.4 is 9.64 Å². The maximum atomic E-state index is 12.9. The summed E-state index contributed by atoms with van der Waals surface area (Å²) in [5.41, 5.74) is 2.43. The Bertz CT molecular complexity index is 1190. The third kappa shape index (κ3) is 7.18. The maximum Gasteiger partial charge on any atom is 0.328 e. The zero-order valence-electron chi connectivity index (χ0n) is 19.6. The van der Waals surface area contributed by atoms with E-state index in [0.717, 1.165) is 17.7 Å². The molecule has 7 heteroatoms. The topological polar surface area (TPSA) is 87.1 Å². The van der Waals surface area contributed by atoms with Gasteiger partial charge in [0.15, 0.2) is 0 Å². The van der Waals surface area contributed by atoms with E-state index in [-0.39, 0.29) is 5.92 Å². The average Bonchev–Trinajstić information content (AvgIpc) is 2.85. The van der Waals surface area contributed by atoms with Crippen molar-refractivity contribution < 1.29 is 24.5 Å². The molecule has 0 heterocycles. The number of aliphatic hydroxyl groups excluding tert-OH is 1. The van der Waals surface area contributed by atoms with Crippen molar-refractivity contribution in [3.8, 4) is 5.75 Å². The molecule has 6 nitrogen and oxygen atoms in total. The van der Waals surface area contributed by atoms with Gasteiger partial charge in [-0.25, -0.2) is 4.79 Å². The molecule has 3 aromatic rings. The summed E-state index contributed by atoms with van der Waals surface area (Å²) >= 11 is 6.22. The summed E-state index contributed by atoms with van der Waals surface area (Å²) in [4.78, 5) is 25.3. The van der Waals surface area contributed by atoms with Crippen molar-refractivity contribution in [1.82, 2.24) is 0 Å². The molecule has 3 aromatic carbocycles. The van der Waals surface area contributed by atoms with Gasteiger partial charge < -0.3 is 19.8 Å². The van der Waals surface area contributed by atoms with Gasteiger partial charge in [0, 0.05) is 34.8 Å². The Kier molecular flexibility index (Phi) is 9.06. The lowest BCUT2D eigenvalue weighted by atomic mass is 9.97. The Morgan fingerprint density at radius 1 is 0.971 bits per heavy atom. The first-order chi connectivity index (χ1) is 16.8. The molecule has 3 rings (SSSR count). The van der Waals surface area contributed by atoms with Crippen molar-refractivity contribution in [2.75, 3.05) is 11.4 Å². The van der Waals surface area contributed by atoms with Gasteiger partial charge in [-0.2, -0.15) is 0 Å². The number of para-hydroxylation sites is 1. The van der Waals surface area contributed by atoms with E-state index in [1.807, 2.05) is 44.2 Å². The molecule has 2 N–H and O–H groups in total. The number of anilines is 1. The van der Waals surface area contributed by atoms with Gasteiger partial charge in [-0.3, -0.25) is 4.79 Å². The predicted octanol–water partition coefficient (Wildman–Crippen LogP) is 5.63. The normalized spacial score (nSPS) is 12.0. The second-order valence-corrected chi connectivity index (χ2v) is 8.87. The van der Waals surface area contributed by atoms with Gasteiger partial charge in [0.1, 0.15) is 18.5 Å². The summed E-state index contributed by atoms with van der Waals surface area (Å²) in [5, 5.41) is 20.9. The Hall–Kier alpha value is -3.61. The van der Waals surface area contributed by atoms with Gasteiger partial charge in [-0.15, -0.1) is 0 Å². The Balaban J connectivity index is 1.99. The minimum absolute atomic E-state index is 0.0997. The predicted molar refractivity (Wildman–Crippen MR) is 137 cm³/mol. The van der Waals surface area contributed by atoms with E-state index in [9.17, 15) is 14.7 Å². The number of rotatable bonds is 10. The van der Waals surface area contributed by atoms with Crippen molar-refractivity contribution in [3.05, 3.63) is 107 Å². The van der Waals surface area contributed by atoms with Crippen molar-refractivity contribution in [1.29, 1.82) is 0 Å². The molecule has 0 aromatic heterocycles. The molecule has 0 aliphatic heterocycles. The van der Waals surface area contributed by atoms with Gasteiger partial charge in [0.05, 0.1) is 5.69 Å². The highest BCUT2D eigenvalue weighted by Gasteiger charge is 2.24. The van der Waals surface area contributed by atoms with E-state index in [1.54, 1.807) is 42.5 Å². The molecule has 0 aliphatic rings. The zero-order chi connectivity index (χ0) is 25.4. The molecular weight excluding hydrogens is 466 g/mol. The number of carbonyl (C=O) groups excluding carboxylic acids is 1. The number of carbonyl (C=O) groups is 2. The van der Waals surface area contributed by atoms with Crippen LogP contribution in [0.15, 0.2) is 84.9 Å². The number of benzene rings is 3. The quantitative estimate of drug-likeness (QED) is 0.357. The molecule has 182 valence electrons.